The number of non-ortho nitro benzene ring substituents is 1. The van der Waals surface area contributed by atoms with Gasteiger partial charge in [0, 0.05) is 44.4 Å². The van der Waals surface area contributed by atoms with Crippen LogP contribution in [0.5, 0.6) is 0 Å². The Bertz CT molecular complexity index is 1300. The Morgan fingerprint density at radius 2 is 1.79 bits per heavy atom. The predicted molar refractivity (Wildman–Crippen MR) is 131 cm³/mol. The third-order valence-electron chi connectivity index (χ3n) is 6.26. The van der Waals surface area contributed by atoms with Crippen LogP contribution < -0.4 is 4.31 Å². The molecule has 3 aromatic rings. The molecule has 1 aromatic heterocycles. The lowest BCUT2D eigenvalue weighted by Crippen LogP contribution is -2.26. The van der Waals surface area contributed by atoms with Crippen LogP contribution in [-0.2, 0) is 26.7 Å². The SMILES string of the molecule is CN(c1cccc2c1nc(C(C)(C)C)n2CC1CCOCC1)S(=O)(=O)c1ccc([N+](=O)[O-])cc1. The fourth-order valence-corrected chi connectivity index (χ4v) is 5.56. The number of hydrogen-bond donors (Lipinski definition) is 0. The highest BCUT2D eigenvalue weighted by molar-refractivity contribution is 7.92. The van der Waals surface area contributed by atoms with E-state index >= 15 is 0 Å². The minimum atomic E-state index is -3.95. The van der Waals surface area contributed by atoms with Gasteiger partial charge in [0.15, 0.2) is 0 Å². The standard InChI is InChI=1S/C24H30N4O5S/c1-24(2,3)23-25-22-20(6-5-7-21(22)27(23)16-17-12-14-33-15-13-17)26(4)34(31,32)19-10-8-18(9-11-19)28(29)30/h5-11,17H,12-16H2,1-4H3. The van der Waals surface area contributed by atoms with Crippen molar-refractivity contribution < 1.29 is 18.1 Å². The number of hydrogen-bond acceptors (Lipinski definition) is 6. The number of fused-ring (bicyclic) bond motifs is 1. The van der Waals surface area contributed by atoms with E-state index in [4.69, 9.17) is 9.72 Å². The first kappa shape index (κ1) is 24.2. The number of para-hydroxylation sites is 1. The highest BCUT2D eigenvalue weighted by Crippen LogP contribution is 2.35. The van der Waals surface area contributed by atoms with Crippen molar-refractivity contribution in [2.75, 3.05) is 24.6 Å². The van der Waals surface area contributed by atoms with Crippen LogP contribution in [0.2, 0.25) is 0 Å². The maximum atomic E-state index is 13.4. The first-order valence-corrected chi connectivity index (χ1v) is 12.7. The minimum Gasteiger partial charge on any atom is -0.381 e. The minimum absolute atomic E-state index is 0.0183. The van der Waals surface area contributed by atoms with Gasteiger partial charge in [-0.3, -0.25) is 14.4 Å². The molecular formula is C24H30N4O5S. The van der Waals surface area contributed by atoms with Crippen LogP contribution in [0.3, 0.4) is 0 Å². The molecule has 0 atom stereocenters. The average Bonchev–Trinajstić information content (AvgIpc) is 3.18. The molecule has 0 aliphatic carbocycles. The number of rotatable bonds is 6. The number of nitro benzene ring substituents is 1. The molecule has 0 unspecified atom stereocenters. The van der Waals surface area contributed by atoms with Crippen LogP contribution in [0.15, 0.2) is 47.4 Å². The molecule has 2 heterocycles. The van der Waals surface area contributed by atoms with E-state index < -0.39 is 14.9 Å². The van der Waals surface area contributed by atoms with Crippen LogP contribution in [0.25, 0.3) is 11.0 Å². The van der Waals surface area contributed by atoms with Crippen molar-refractivity contribution in [2.24, 2.45) is 5.92 Å². The Balaban J connectivity index is 1.79. The zero-order chi connectivity index (χ0) is 24.7. The maximum absolute atomic E-state index is 13.4. The van der Waals surface area contributed by atoms with Gasteiger partial charge in [-0.1, -0.05) is 26.8 Å². The van der Waals surface area contributed by atoms with Crippen molar-refractivity contribution in [2.45, 2.75) is 50.5 Å². The van der Waals surface area contributed by atoms with Gasteiger partial charge in [0.05, 0.1) is 21.0 Å². The maximum Gasteiger partial charge on any atom is 0.269 e. The smallest absolute Gasteiger partial charge is 0.269 e. The number of sulfonamides is 1. The second kappa shape index (κ2) is 8.99. The summed E-state index contributed by atoms with van der Waals surface area (Å²) in [7, 11) is -2.46. The fraction of sp³-hybridized carbons (Fsp3) is 0.458. The third kappa shape index (κ3) is 4.52. The summed E-state index contributed by atoms with van der Waals surface area (Å²) in [5.74, 6) is 1.38. The molecule has 1 aliphatic rings. The molecule has 1 fully saturated rings. The molecule has 182 valence electrons. The van der Waals surface area contributed by atoms with E-state index in [1.807, 2.05) is 12.1 Å². The summed E-state index contributed by atoms with van der Waals surface area (Å²) >= 11 is 0. The van der Waals surface area contributed by atoms with E-state index in [1.165, 1.54) is 35.6 Å². The normalized spacial score (nSPS) is 15.5. The molecule has 1 aliphatic heterocycles. The molecule has 0 N–H and O–H groups in total. The van der Waals surface area contributed by atoms with E-state index in [-0.39, 0.29) is 16.0 Å². The molecule has 0 radical (unpaired) electrons. The van der Waals surface area contributed by atoms with Crippen molar-refractivity contribution in [3.8, 4) is 0 Å². The van der Waals surface area contributed by atoms with Crippen molar-refractivity contribution in [1.29, 1.82) is 0 Å². The quantitative estimate of drug-likeness (QED) is 0.375. The number of nitro groups is 1. The van der Waals surface area contributed by atoms with Gasteiger partial charge >= 0.3 is 0 Å². The van der Waals surface area contributed by atoms with Crippen molar-refractivity contribution in [3.05, 3.63) is 58.4 Å². The van der Waals surface area contributed by atoms with Crippen LogP contribution in [0.4, 0.5) is 11.4 Å². The average molecular weight is 487 g/mol. The Labute approximate surface area is 199 Å². The largest absolute Gasteiger partial charge is 0.381 e. The van der Waals surface area contributed by atoms with Gasteiger partial charge in [-0.25, -0.2) is 13.4 Å². The topological polar surface area (TPSA) is 108 Å². The molecule has 0 bridgehead atoms. The van der Waals surface area contributed by atoms with Crippen molar-refractivity contribution in [3.63, 3.8) is 0 Å². The van der Waals surface area contributed by atoms with Gasteiger partial charge < -0.3 is 9.30 Å². The summed E-state index contributed by atoms with van der Waals surface area (Å²) in [5.41, 5.74) is 1.57. The Hall–Kier alpha value is -2.98. The summed E-state index contributed by atoms with van der Waals surface area (Å²) < 4.78 is 35.7. The van der Waals surface area contributed by atoms with Gasteiger partial charge in [-0.15, -0.1) is 0 Å². The van der Waals surface area contributed by atoms with Gasteiger partial charge in [-0.05, 0) is 43.0 Å². The summed E-state index contributed by atoms with van der Waals surface area (Å²) in [6.45, 7) is 8.62. The molecule has 0 amide bonds. The number of nitrogens with zero attached hydrogens (tertiary/aromatic N) is 4. The fourth-order valence-electron chi connectivity index (χ4n) is 4.36. The molecule has 0 saturated carbocycles. The van der Waals surface area contributed by atoms with Crippen LogP contribution >= 0.6 is 0 Å². The number of imidazole rings is 1. The highest BCUT2D eigenvalue weighted by atomic mass is 32.2. The van der Waals surface area contributed by atoms with Crippen LogP contribution in [-0.4, -0.2) is 43.2 Å². The third-order valence-corrected chi connectivity index (χ3v) is 8.04. The zero-order valence-electron chi connectivity index (χ0n) is 19.9. The van der Waals surface area contributed by atoms with E-state index in [0.717, 1.165) is 43.9 Å². The Kier molecular flexibility index (Phi) is 6.39. The van der Waals surface area contributed by atoms with E-state index in [2.05, 4.69) is 25.3 Å². The number of aromatic nitrogens is 2. The summed E-state index contributed by atoms with van der Waals surface area (Å²) in [4.78, 5) is 15.3. The Morgan fingerprint density at radius 1 is 1.15 bits per heavy atom. The monoisotopic (exact) mass is 486 g/mol. The van der Waals surface area contributed by atoms with Gasteiger partial charge in [0.25, 0.3) is 15.7 Å². The van der Waals surface area contributed by atoms with Crippen molar-refractivity contribution >= 4 is 32.4 Å². The first-order chi connectivity index (χ1) is 16.0. The summed E-state index contributed by atoms with van der Waals surface area (Å²) in [5, 5.41) is 10.9. The lowest BCUT2D eigenvalue weighted by Gasteiger charge is -2.26. The first-order valence-electron chi connectivity index (χ1n) is 11.3. The lowest BCUT2D eigenvalue weighted by atomic mass is 9.94. The van der Waals surface area contributed by atoms with Gasteiger partial charge in [0.1, 0.15) is 11.3 Å². The predicted octanol–water partition coefficient (Wildman–Crippen LogP) is 4.49. The van der Waals surface area contributed by atoms with Crippen LogP contribution in [0.1, 0.15) is 39.4 Å². The number of anilines is 1. The molecule has 4 rings (SSSR count). The van der Waals surface area contributed by atoms with Gasteiger partial charge in [0.2, 0.25) is 0 Å². The summed E-state index contributed by atoms with van der Waals surface area (Å²) in [6, 6.07) is 10.5. The van der Waals surface area contributed by atoms with Gasteiger partial charge in [-0.2, -0.15) is 0 Å². The molecule has 9 nitrogen and oxygen atoms in total. The Morgan fingerprint density at radius 3 is 2.38 bits per heavy atom. The molecular weight excluding hydrogens is 456 g/mol. The molecule has 10 heteroatoms. The van der Waals surface area contributed by atoms with Crippen LogP contribution in [0, 0.1) is 16.0 Å². The van der Waals surface area contributed by atoms with E-state index in [1.54, 1.807) is 6.07 Å². The van der Waals surface area contributed by atoms with E-state index in [9.17, 15) is 18.5 Å². The second-order valence-electron chi connectivity index (χ2n) is 9.72. The van der Waals surface area contributed by atoms with Crippen molar-refractivity contribution in [1.82, 2.24) is 9.55 Å². The molecule has 0 spiro atoms. The zero-order valence-corrected chi connectivity index (χ0v) is 20.7. The second-order valence-corrected chi connectivity index (χ2v) is 11.7. The number of ether oxygens (including phenoxy) is 1. The highest BCUT2D eigenvalue weighted by Gasteiger charge is 2.29. The summed E-state index contributed by atoms with van der Waals surface area (Å²) in [6.07, 6.45) is 1.97. The lowest BCUT2D eigenvalue weighted by molar-refractivity contribution is -0.384. The van der Waals surface area contributed by atoms with E-state index in [0.29, 0.717) is 17.1 Å². The molecule has 1 saturated heterocycles. The molecule has 34 heavy (non-hydrogen) atoms. The molecule has 2 aromatic carbocycles. The number of benzene rings is 2.